The summed E-state index contributed by atoms with van der Waals surface area (Å²) in [6.45, 7) is 2.51. The first-order valence-electron chi connectivity index (χ1n) is 5.36. The SMILES string of the molecule is CC(=O)NCCNc1nc(NN)nc2[nH]ncc12. The normalized spacial score (nSPS) is 10.3. The van der Waals surface area contributed by atoms with Crippen molar-refractivity contribution in [2.24, 2.45) is 5.84 Å². The molecule has 0 unspecified atom stereocenters. The van der Waals surface area contributed by atoms with Crippen LogP contribution in [0, 0.1) is 0 Å². The van der Waals surface area contributed by atoms with Crippen molar-refractivity contribution in [2.45, 2.75) is 6.92 Å². The fraction of sp³-hybridized carbons (Fsp3) is 0.333. The van der Waals surface area contributed by atoms with Crippen LogP contribution in [-0.2, 0) is 4.79 Å². The second-order valence-electron chi connectivity index (χ2n) is 3.58. The minimum absolute atomic E-state index is 0.0720. The van der Waals surface area contributed by atoms with Gasteiger partial charge in [-0.1, -0.05) is 0 Å². The van der Waals surface area contributed by atoms with Crippen LogP contribution in [0.5, 0.6) is 0 Å². The van der Waals surface area contributed by atoms with Gasteiger partial charge in [0.25, 0.3) is 0 Å². The molecular formula is C9H14N8O. The number of fused-ring (bicyclic) bond motifs is 1. The van der Waals surface area contributed by atoms with E-state index >= 15 is 0 Å². The largest absolute Gasteiger partial charge is 0.368 e. The third-order valence-electron chi connectivity index (χ3n) is 2.23. The topological polar surface area (TPSA) is 134 Å². The number of carbonyl (C=O) groups is 1. The Hall–Kier alpha value is -2.42. The van der Waals surface area contributed by atoms with E-state index in [0.717, 1.165) is 5.39 Å². The number of rotatable bonds is 5. The molecule has 0 bridgehead atoms. The molecule has 6 N–H and O–H groups in total. The molecule has 0 aliphatic heterocycles. The zero-order chi connectivity index (χ0) is 13.0. The molecular weight excluding hydrogens is 236 g/mol. The van der Waals surface area contributed by atoms with Crippen molar-refractivity contribution in [2.75, 3.05) is 23.8 Å². The fourth-order valence-corrected chi connectivity index (χ4v) is 1.45. The van der Waals surface area contributed by atoms with Gasteiger partial charge in [-0.15, -0.1) is 0 Å². The lowest BCUT2D eigenvalue weighted by Gasteiger charge is -2.08. The molecule has 96 valence electrons. The Morgan fingerprint density at radius 2 is 2.28 bits per heavy atom. The summed E-state index contributed by atoms with van der Waals surface area (Å²) in [6.07, 6.45) is 1.62. The van der Waals surface area contributed by atoms with E-state index in [1.807, 2.05) is 0 Å². The number of amides is 1. The van der Waals surface area contributed by atoms with E-state index in [1.165, 1.54) is 6.92 Å². The highest BCUT2D eigenvalue weighted by atomic mass is 16.1. The number of carbonyl (C=O) groups excluding carboxylic acids is 1. The number of hydrazine groups is 1. The Balaban J connectivity index is 2.10. The van der Waals surface area contributed by atoms with Crippen molar-refractivity contribution in [1.82, 2.24) is 25.5 Å². The van der Waals surface area contributed by atoms with Crippen LogP contribution < -0.4 is 21.9 Å². The maximum atomic E-state index is 10.7. The number of nitrogen functional groups attached to an aromatic ring is 1. The van der Waals surface area contributed by atoms with Gasteiger partial charge < -0.3 is 10.6 Å². The van der Waals surface area contributed by atoms with E-state index in [0.29, 0.717) is 24.6 Å². The van der Waals surface area contributed by atoms with Crippen LogP contribution in [0.1, 0.15) is 6.92 Å². The van der Waals surface area contributed by atoms with Gasteiger partial charge in [-0.25, -0.2) is 5.84 Å². The molecule has 9 heteroatoms. The molecule has 2 aromatic rings. The van der Waals surface area contributed by atoms with E-state index in [9.17, 15) is 4.79 Å². The molecule has 0 fully saturated rings. The predicted molar refractivity (Wildman–Crippen MR) is 66.7 cm³/mol. The second kappa shape index (κ2) is 5.27. The van der Waals surface area contributed by atoms with E-state index in [-0.39, 0.29) is 11.9 Å². The van der Waals surface area contributed by atoms with Crippen molar-refractivity contribution >= 4 is 28.7 Å². The van der Waals surface area contributed by atoms with Crippen LogP contribution in [-0.4, -0.2) is 39.2 Å². The predicted octanol–water partition coefficient (Wildman–Crippen LogP) is -0.813. The van der Waals surface area contributed by atoms with Gasteiger partial charge in [-0.3, -0.25) is 15.3 Å². The average Bonchev–Trinajstić information content (AvgIpc) is 2.82. The summed E-state index contributed by atoms with van der Waals surface area (Å²) in [6, 6.07) is 0. The molecule has 0 atom stereocenters. The molecule has 0 saturated carbocycles. The van der Waals surface area contributed by atoms with Gasteiger partial charge in [0.05, 0.1) is 11.6 Å². The lowest BCUT2D eigenvalue weighted by Crippen LogP contribution is -2.26. The maximum Gasteiger partial charge on any atom is 0.241 e. The quantitative estimate of drug-likeness (QED) is 0.266. The summed E-state index contributed by atoms with van der Waals surface area (Å²) < 4.78 is 0. The Morgan fingerprint density at radius 1 is 1.44 bits per heavy atom. The Bertz CT molecular complexity index is 550. The Labute approximate surface area is 103 Å². The lowest BCUT2D eigenvalue weighted by molar-refractivity contribution is -0.118. The summed E-state index contributed by atoms with van der Waals surface area (Å²) >= 11 is 0. The number of nitrogens with two attached hydrogens (primary N) is 1. The van der Waals surface area contributed by atoms with Crippen LogP contribution in [0.25, 0.3) is 11.0 Å². The highest BCUT2D eigenvalue weighted by Gasteiger charge is 2.08. The third kappa shape index (κ3) is 2.63. The average molecular weight is 250 g/mol. The molecule has 18 heavy (non-hydrogen) atoms. The molecule has 0 radical (unpaired) electrons. The molecule has 2 heterocycles. The van der Waals surface area contributed by atoms with Crippen LogP contribution in [0.4, 0.5) is 11.8 Å². The van der Waals surface area contributed by atoms with Gasteiger partial charge in [-0.2, -0.15) is 15.1 Å². The molecule has 1 amide bonds. The summed E-state index contributed by atoms with van der Waals surface area (Å²) in [4.78, 5) is 19.0. The summed E-state index contributed by atoms with van der Waals surface area (Å²) in [5.74, 6) is 6.10. The fourth-order valence-electron chi connectivity index (χ4n) is 1.45. The number of hydrogen-bond acceptors (Lipinski definition) is 7. The molecule has 9 nitrogen and oxygen atoms in total. The minimum Gasteiger partial charge on any atom is -0.368 e. The number of nitrogens with one attached hydrogen (secondary N) is 4. The first-order valence-corrected chi connectivity index (χ1v) is 5.36. The number of aromatic amines is 1. The van der Waals surface area contributed by atoms with Crippen LogP contribution in [0.3, 0.4) is 0 Å². The van der Waals surface area contributed by atoms with E-state index in [2.05, 4.69) is 36.2 Å². The number of nitrogens with zero attached hydrogens (tertiary/aromatic N) is 3. The summed E-state index contributed by atoms with van der Waals surface area (Å²) in [7, 11) is 0. The van der Waals surface area contributed by atoms with E-state index in [1.54, 1.807) is 6.20 Å². The van der Waals surface area contributed by atoms with Gasteiger partial charge in [-0.05, 0) is 0 Å². The van der Waals surface area contributed by atoms with Crippen molar-refractivity contribution in [1.29, 1.82) is 0 Å². The summed E-state index contributed by atoms with van der Waals surface area (Å²) in [5, 5.41) is 13.1. The number of H-pyrrole nitrogens is 1. The molecule has 2 aromatic heterocycles. The van der Waals surface area contributed by atoms with Gasteiger partial charge in [0, 0.05) is 20.0 Å². The van der Waals surface area contributed by atoms with E-state index < -0.39 is 0 Å². The second-order valence-corrected chi connectivity index (χ2v) is 3.58. The molecule has 0 spiro atoms. The number of anilines is 2. The smallest absolute Gasteiger partial charge is 0.241 e. The van der Waals surface area contributed by atoms with Gasteiger partial charge in [0.1, 0.15) is 5.82 Å². The van der Waals surface area contributed by atoms with E-state index in [4.69, 9.17) is 5.84 Å². The minimum atomic E-state index is -0.0720. The molecule has 0 aromatic carbocycles. The van der Waals surface area contributed by atoms with Crippen molar-refractivity contribution in [3.05, 3.63) is 6.20 Å². The maximum absolute atomic E-state index is 10.7. The lowest BCUT2D eigenvalue weighted by atomic mass is 10.4. The zero-order valence-electron chi connectivity index (χ0n) is 9.82. The molecule has 0 aliphatic carbocycles. The first kappa shape index (κ1) is 12.0. The van der Waals surface area contributed by atoms with Gasteiger partial charge in [0.2, 0.25) is 11.9 Å². The van der Waals surface area contributed by atoms with Gasteiger partial charge >= 0.3 is 0 Å². The first-order chi connectivity index (χ1) is 8.70. The van der Waals surface area contributed by atoms with Crippen LogP contribution in [0.2, 0.25) is 0 Å². The number of aromatic nitrogens is 4. The standard InChI is InChI=1S/C9H14N8O/c1-5(18)11-2-3-12-7-6-4-13-17-8(6)15-9(14-7)16-10/h4H,2-3,10H2,1H3,(H,11,18)(H3,12,13,14,15,16,17). The Kier molecular flexibility index (Phi) is 3.53. The Morgan fingerprint density at radius 3 is 3.00 bits per heavy atom. The summed E-state index contributed by atoms with van der Waals surface area (Å²) in [5.41, 5.74) is 2.96. The zero-order valence-corrected chi connectivity index (χ0v) is 9.82. The van der Waals surface area contributed by atoms with Crippen molar-refractivity contribution in [3.63, 3.8) is 0 Å². The highest BCUT2D eigenvalue weighted by Crippen LogP contribution is 2.18. The van der Waals surface area contributed by atoms with Crippen LogP contribution >= 0.6 is 0 Å². The van der Waals surface area contributed by atoms with Crippen molar-refractivity contribution < 1.29 is 4.79 Å². The number of hydrogen-bond donors (Lipinski definition) is 5. The molecule has 0 saturated heterocycles. The van der Waals surface area contributed by atoms with Gasteiger partial charge in [0.15, 0.2) is 5.65 Å². The molecule has 2 rings (SSSR count). The third-order valence-corrected chi connectivity index (χ3v) is 2.23. The van der Waals surface area contributed by atoms with Crippen LogP contribution in [0.15, 0.2) is 6.20 Å². The monoisotopic (exact) mass is 250 g/mol. The van der Waals surface area contributed by atoms with Crippen molar-refractivity contribution in [3.8, 4) is 0 Å². The molecule has 0 aliphatic rings. The highest BCUT2D eigenvalue weighted by molar-refractivity contribution is 5.86.